The minimum absolute atomic E-state index is 0.0172. The van der Waals surface area contributed by atoms with Crippen LogP contribution >= 0.6 is 0 Å². The van der Waals surface area contributed by atoms with Crippen molar-refractivity contribution in [2.75, 3.05) is 13.1 Å². The molecule has 0 bridgehead atoms. The van der Waals surface area contributed by atoms with Gasteiger partial charge in [-0.1, -0.05) is 31.1 Å². The summed E-state index contributed by atoms with van der Waals surface area (Å²) in [6.45, 7) is 8.63. The standard InChI is InChI=1S/C20H27N3O4/c1-13(2)20(25)22-10-9-21-19(24)11-16-5-7-17(8-6-16)26-12-18-14(3)23-27-15(18)4/h5-8,13H,9-12H2,1-4H3,(H,21,24)(H,22,25). The number of rotatable bonds is 9. The second-order valence-corrected chi connectivity index (χ2v) is 6.71. The van der Waals surface area contributed by atoms with Crippen LogP contribution in [0.4, 0.5) is 0 Å². The third-order valence-corrected chi connectivity index (χ3v) is 4.12. The van der Waals surface area contributed by atoms with Crippen molar-refractivity contribution in [2.24, 2.45) is 5.92 Å². The molecule has 1 aromatic carbocycles. The highest BCUT2D eigenvalue weighted by molar-refractivity contribution is 5.79. The zero-order valence-electron chi connectivity index (χ0n) is 16.3. The van der Waals surface area contributed by atoms with Crippen LogP contribution < -0.4 is 15.4 Å². The minimum Gasteiger partial charge on any atom is -0.489 e. The molecule has 2 aromatic rings. The predicted molar refractivity (Wildman–Crippen MR) is 101 cm³/mol. The lowest BCUT2D eigenvalue weighted by Gasteiger charge is -2.09. The highest BCUT2D eigenvalue weighted by Crippen LogP contribution is 2.18. The van der Waals surface area contributed by atoms with Crippen LogP contribution in [0.3, 0.4) is 0 Å². The molecule has 7 nitrogen and oxygen atoms in total. The summed E-state index contributed by atoms with van der Waals surface area (Å²) in [5.41, 5.74) is 2.66. The van der Waals surface area contributed by atoms with Gasteiger partial charge in [-0.15, -0.1) is 0 Å². The average Bonchev–Trinajstić information content (AvgIpc) is 2.96. The van der Waals surface area contributed by atoms with Crippen LogP contribution in [0.1, 0.15) is 36.4 Å². The molecule has 146 valence electrons. The van der Waals surface area contributed by atoms with E-state index < -0.39 is 0 Å². The molecule has 0 aliphatic heterocycles. The number of aryl methyl sites for hydroxylation is 2. The van der Waals surface area contributed by atoms with Gasteiger partial charge in [0.1, 0.15) is 18.1 Å². The van der Waals surface area contributed by atoms with Crippen molar-refractivity contribution in [3.63, 3.8) is 0 Å². The molecule has 0 radical (unpaired) electrons. The maximum atomic E-state index is 12.0. The van der Waals surface area contributed by atoms with Crippen molar-refractivity contribution in [2.45, 2.75) is 40.7 Å². The van der Waals surface area contributed by atoms with Crippen molar-refractivity contribution in [1.29, 1.82) is 0 Å². The van der Waals surface area contributed by atoms with Crippen LogP contribution in [0, 0.1) is 19.8 Å². The predicted octanol–water partition coefficient (Wildman–Crippen LogP) is 2.30. The highest BCUT2D eigenvalue weighted by Gasteiger charge is 2.10. The van der Waals surface area contributed by atoms with Crippen molar-refractivity contribution >= 4 is 11.8 Å². The van der Waals surface area contributed by atoms with Crippen LogP contribution in [0.15, 0.2) is 28.8 Å². The van der Waals surface area contributed by atoms with E-state index in [0.717, 1.165) is 28.3 Å². The van der Waals surface area contributed by atoms with E-state index in [0.29, 0.717) is 19.7 Å². The van der Waals surface area contributed by atoms with Gasteiger partial charge in [-0.25, -0.2) is 0 Å². The maximum Gasteiger partial charge on any atom is 0.224 e. The number of aromatic nitrogens is 1. The Morgan fingerprint density at radius 3 is 2.37 bits per heavy atom. The molecule has 0 saturated carbocycles. The third-order valence-electron chi connectivity index (χ3n) is 4.12. The van der Waals surface area contributed by atoms with Crippen molar-refractivity contribution in [3.8, 4) is 5.75 Å². The lowest BCUT2D eigenvalue weighted by molar-refractivity contribution is -0.124. The van der Waals surface area contributed by atoms with E-state index in [1.54, 1.807) is 0 Å². The molecule has 27 heavy (non-hydrogen) atoms. The second kappa shape index (κ2) is 9.75. The molecular weight excluding hydrogens is 346 g/mol. The lowest BCUT2D eigenvalue weighted by Crippen LogP contribution is -2.36. The molecule has 0 spiro atoms. The van der Waals surface area contributed by atoms with E-state index >= 15 is 0 Å². The summed E-state index contributed by atoms with van der Waals surface area (Å²) in [6, 6.07) is 7.40. The maximum absolute atomic E-state index is 12.0. The summed E-state index contributed by atoms with van der Waals surface area (Å²) in [4.78, 5) is 23.4. The number of carbonyl (C=O) groups is 2. The van der Waals surface area contributed by atoms with Gasteiger partial charge in [0.05, 0.1) is 17.7 Å². The topological polar surface area (TPSA) is 93.5 Å². The Labute approximate surface area is 159 Å². The number of ether oxygens (including phenoxy) is 1. The number of hydrogen-bond donors (Lipinski definition) is 2. The molecule has 0 unspecified atom stereocenters. The Bertz CT molecular complexity index is 747. The van der Waals surface area contributed by atoms with Gasteiger partial charge < -0.3 is 19.9 Å². The summed E-state index contributed by atoms with van der Waals surface area (Å²) >= 11 is 0. The Hall–Kier alpha value is -2.83. The molecule has 2 rings (SSSR count). The number of nitrogens with one attached hydrogen (secondary N) is 2. The molecule has 1 heterocycles. The number of benzene rings is 1. The number of hydrogen-bond acceptors (Lipinski definition) is 5. The van der Waals surface area contributed by atoms with E-state index in [4.69, 9.17) is 9.26 Å². The second-order valence-electron chi connectivity index (χ2n) is 6.71. The molecule has 2 amide bonds. The summed E-state index contributed by atoms with van der Waals surface area (Å²) < 4.78 is 10.9. The Kier molecular flexibility index (Phi) is 7.40. The first-order chi connectivity index (χ1) is 12.9. The van der Waals surface area contributed by atoms with Crippen LogP contribution in [0.5, 0.6) is 5.75 Å². The van der Waals surface area contributed by atoms with Crippen LogP contribution in [-0.4, -0.2) is 30.1 Å². The van der Waals surface area contributed by atoms with E-state index in [1.807, 2.05) is 52.0 Å². The van der Waals surface area contributed by atoms with Crippen molar-refractivity contribution < 1.29 is 18.8 Å². The number of amides is 2. The molecule has 7 heteroatoms. The van der Waals surface area contributed by atoms with E-state index in [2.05, 4.69) is 15.8 Å². The molecular formula is C20H27N3O4. The van der Waals surface area contributed by atoms with E-state index in [9.17, 15) is 9.59 Å². The molecule has 0 aliphatic rings. The fourth-order valence-electron chi connectivity index (χ4n) is 2.41. The monoisotopic (exact) mass is 373 g/mol. The molecule has 2 N–H and O–H groups in total. The summed E-state index contributed by atoms with van der Waals surface area (Å²) in [6.07, 6.45) is 0.280. The van der Waals surface area contributed by atoms with Gasteiger partial charge in [-0.2, -0.15) is 0 Å². The molecule has 0 aliphatic carbocycles. The minimum atomic E-state index is -0.0850. The van der Waals surface area contributed by atoms with Crippen LogP contribution in [-0.2, 0) is 22.6 Å². The van der Waals surface area contributed by atoms with Gasteiger partial charge >= 0.3 is 0 Å². The fraction of sp³-hybridized carbons (Fsp3) is 0.450. The van der Waals surface area contributed by atoms with Gasteiger partial charge in [-0.05, 0) is 31.5 Å². The molecule has 1 aromatic heterocycles. The summed E-state index contributed by atoms with van der Waals surface area (Å²) in [5, 5.41) is 9.46. The molecule has 0 atom stereocenters. The van der Waals surface area contributed by atoms with Gasteiger partial charge in [0.15, 0.2) is 0 Å². The zero-order chi connectivity index (χ0) is 19.8. The first kappa shape index (κ1) is 20.5. The van der Waals surface area contributed by atoms with Crippen molar-refractivity contribution in [1.82, 2.24) is 15.8 Å². The first-order valence-corrected chi connectivity index (χ1v) is 9.04. The van der Waals surface area contributed by atoms with Gasteiger partial charge in [-0.3, -0.25) is 9.59 Å². The van der Waals surface area contributed by atoms with Crippen LogP contribution in [0.25, 0.3) is 0 Å². The quantitative estimate of drug-likeness (QED) is 0.658. The van der Waals surface area contributed by atoms with Gasteiger partial charge in [0, 0.05) is 19.0 Å². The van der Waals surface area contributed by atoms with Crippen molar-refractivity contribution in [3.05, 3.63) is 46.8 Å². The van der Waals surface area contributed by atoms with Gasteiger partial charge in [0.25, 0.3) is 0 Å². The number of nitrogens with zero attached hydrogens (tertiary/aromatic N) is 1. The smallest absolute Gasteiger partial charge is 0.224 e. The highest BCUT2D eigenvalue weighted by atomic mass is 16.5. The summed E-state index contributed by atoms with van der Waals surface area (Å²) in [7, 11) is 0. The van der Waals surface area contributed by atoms with E-state index in [1.165, 1.54) is 0 Å². The Morgan fingerprint density at radius 1 is 1.11 bits per heavy atom. The fourth-order valence-corrected chi connectivity index (χ4v) is 2.41. The summed E-state index contributed by atoms with van der Waals surface area (Å²) in [5.74, 6) is 1.31. The molecule has 0 saturated heterocycles. The largest absolute Gasteiger partial charge is 0.489 e. The first-order valence-electron chi connectivity index (χ1n) is 9.04. The van der Waals surface area contributed by atoms with E-state index in [-0.39, 0.29) is 24.2 Å². The third kappa shape index (κ3) is 6.44. The Morgan fingerprint density at radius 2 is 1.78 bits per heavy atom. The molecule has 0 fully saturated rings. The SMILES string of the molecule is Cc1noc(C)c1COc1ccc(CC(=O)NCCNC(=O)C(C)C)cc1. The Balaban J connectivity index is 1.73. The normalized spacial score (nSPS) is 10.7. The number of carbonyl (C=O) groups excluding carboxylic acids is 2. The zero-order valence-corrected chi connectivity index (χ0v) is 16.3. The van der Waals surface area contributed by atoms with Gasteiger partial charge in [0.2, 0.25) is 11.8 Å². The average molecular weight is 373 g/mol. The van der Waals surface area contributed by atoms with Crippen LogP contribution in [0.2, 0.25) is 0 Å². The lowest BCUT2D eigenvalue weighted by atomic mass is 10.1.